The molecule has 1 aromatic carbocycles. The lowest BCUT2D eigenvalue weighted by Gasteiger charge is -2.29. The highest BCUT2D eigenvalue weighted by atomic mass is 35.5. The second kappa shape index (κ2) is 6.65. The summed E-state index contributed by atoms with van der Waals surface area (Å²) in [7, 11) is 0. The lowest BCUT2D eigenvalue weighted by molar-refractivity contribution is -0.133. The Labute approximate surface area is 109 Å². The molecule has 1 amide bonds. The van der Waals surface area contributed by atoms with E-state index in [2.05, 4.69) is 0 Å². The molecule has 94 valence electrons. The maximum Gasteiger partial charge on any atom is 0.230 e. The number of rotatable bonds is 5. The molecule has 0 aromatic heterocycles. The molecule has 1 rings (SSSR count). The highest BCUT2D eigenvalue weighted by Crippen LogP contribution is 2.18. The Morgan fingerprint density at radius 3 is 2.29 bits per heavy atom. The van der Waals surface area contributed by atoms with E-state index >= 15 is 0 Å². The number of hydrogen-bond acceptors (Lipinski definition) is 1. The molecule has 0 heterocycles. The van der Waals surface area contributed by atoms with E-state index in [1.54, 1.807) is 0 Å². The van der Waals surface area contributed by atoms with Crippen molar-refractivity contribution in [3.63, 3.8) is 0 Å². The second-order valence-corrected chi connectivity index (χ2v) is 4.82. The zero-order chi connectivity index (χ0) is 12.8. The van der Waals surface area contributed by atoms with Crippen LogP contribution in [0.3, 0.4) is 0 Å². The maximum atomic E-state index is 12.3. The molecule has 0 radical (unpaired) electrons. The largest absolute Gasteiger partial charge is 0.339 e. The van der Waals surface area contributed by atoms with Crippen molar-refractivity contribution in [2.75, 3.05) is 12.4 Å². The van der Waals surface area contributed by atoms with E-state index in [1.165, 1.54) is 0 Å². The van der Waals surface area contributed by atoms with Crippen LogP contribution in [0.1, 0.15) is 32.3 Å². The van der Waals surface area contributed by atoms with Gasteiger partial charge in [-0.25, -0.2) is 0 Å². The summed E-state index contributed by atoms with van der Waals surface area (Å²) in [6, 6.07) is 10.0. The van der Waals surface area contributed by atoms with Crippen LogP contribution in [0.25, 0.3) is 0 Å². The van der Waals surface area contributed by atoms with Crippen molar-refractivity contribution in [2.45, 2.75) is 32.7 Å². The second-order valence-electron chi connectivity index (χ2n) is 4.45. The minimum atomic E-state index is -0.109. The van der Waals surface area contributed by atoms with E-state index < -0.39 is 0 Å². The Bertz CT molecular complexity index is 350. The summed E-state index contributed by atoms with van der Waals surface area (Å²) in [5.41, 5.74) is 1.05. The van der Waals surface area contributed by atoms with Gasteiger partial charge in [0.1, 0.15) is 0 Å². The van der Waals surface area contributed by atoms with Gasteiger partial charge in [0, 0.05) is 18.5 Å². The molecule has 0 aliphatic rings. The molecular weight excluding hydrogens is 234 g/mol. The first kappa shape index (κ1) is 14.0. The van der Waals surface area contributed by atoms with Crippen LogP contribution < -0.4 is 0 Å². The Morgan fingerprint density at radius 2 is 1.82 bits per heavy atom. The fraction of sp³-hybridized carbons (Fsp3) is 0.500. The molecule has 17 heavy (non-hydrogen) atoms. The Kier molecular flexibility index (Phi) is 5.49. The predicted molar refractivity (Wildman–Crippen MR) is 72.4 cm³/mol. The highest BCUT2D eigenvalue weighted by molar-refractivity contribution is 6.18. The molecule has 0 saturated heterocycles. The van der Waals surface area contributed by atoms with Crippen LogP contribution in [0, 0.1) is 0 Å². The summed E-state index contributed by atoms with van der Waals surface area (Å²) in [6.07, 6.45) is 0. The number of alkyl halides is 1. The van der Waals surface area contributed by atoms with Crippen LogP contribution in [0.15, 0.2) is 30.3 Å². The average molecular weight is 254 g/mol. The summed E-state index contributed by atoms with van der Waals surface area (Å²) in [5, 5.41) is 0. The molecule has 0 aliphatic carbocycles. The van der Waals surface area contributed by atoms with E-state index in [4.69, 9.17) is 11.6 Å². The summed E-state index contributed by atoms with van der Waals surface area (Å²) in [4.78, 5) is 14.2. The fourth-order valence-corrected chi connectivity index (χ4v) is 2.03. The van der Waals surface area contributed by atoms with Gasteiger partial charge in [-0.1, -0.05) is 30.3 Å². The molecular formula is C14H20ClNO. The van der Waals surface area contributed by atoms with Crippen LogP contribution in [0.5, 0.6) is 0 Å². The minimum Gasteiger partial charge on any atom is -0.339 e. The Morgan fingerprint density at radius 1 is 1.24 bits per heavy atom. The van der Waals surface area contributed by atoms with Gasteiger partial charge in [0.05, 0.1) is 5.92 Å². The number of halogens is 1. The molecule has 1 aromatic rings. The molecule has 0 bridgehead atoms. The summed E-state index contributed by atoms with van der Waals surface area (Å²) < 4.78 is 0. The van der Waals surface area contributed by atoms with Gasteiger partial charge in [-0.3, -0.25) is 4.79 Å². The zero-order valence-corrected chi connectivity index (χ0v) is 11.4. The Balaban J connectivity index is 2.80. The predicted octanol–water partition coefficient (Wildman–Crippen LogP) is 3.27. The van der Waals surface area contributed by atoms with Crippen LogP contribution in [0.2, 0.25) is 0 Å². The third-order valence-electron chi connectivity index (χ3n) is 2.90. The number of benzene rings is 1. The molecule has 2 nitrogen and oxygen atoms in total. The monoisotopic (exact) mass is 253 g/mol. The van der Waals surface area contributed by atoms with Gasteiger partial charge in [-0.05, 0) is 26.3 Å². The van der Waals surface area contributed by atoms with Gasteiger partial charge in [-0.15, -0.1) is 11.6 Å². The van der Waals surface area contributed by atoms with Crippen LogP contribution in [0.4, 0.5) is 0 Å². The van der Waals surface area contributed by atoms with Crippen molar-refractivity contribution < 1.29 is 4.79 Å². The summed E-state index contributed by atoms with van der Waals surface area (Å²) >= 11 is 5.74. The van der Waals surface area contributed by atoms with Gasteiger partial charge < -0.3 is 4.90 Å². The van der Waals surface area contributed by atoms with Gasteiger partial charge in [0.25, 0.3) is 0 Å². The quantitative estimate of drug-likeness (QED) is 0.738. The lowest BCUT2D eigenvalue weighted by Crippen LogP contribution is -2.40. The lowest BCUT2D eigenvalue weighted by atomic mass is 9.99. The van der Waals surface area contributed by atoms with Gasteiger partial charge in [0.15, 0.2) is 0 Å². The van der Waals surface area contributed by atoms with Crippen molar-refractivity contribution in [1.82, 2.24) is 4.90 Å². The van der Waals surface area contributed by atoms with Crippen molar-refractivity contribution in [3.05, 3.63) is 35.9 Å². The molecule has 0 spiro atoms. The van der Waals surface area contributed by atoms with E-state index in [-0.39, 0.29) is 17.9 Å². The van der Waals surface area contributed by atoms with Gasteiger partial charge in [0.2, 0.25) is 5.91 Å². The van der Waals surface area contributed by atoms with Gasteiger partial charge >= 0.3 is 0 Å². The van der Waals surface area contributed by atoms with Crippen LogP contribution in [-0.4, -0.2) is 29.3 Å². The average Bonchev–Trinajstić information content (AvgIpc) is 2.35. The number of nitrogens with zero attached hydrogens (tertiary/aromatic N) is 1. The smallest absolute Gasteiger partial charge is 0.230 e. The number of hydrogen-bond donors (Lipinski definition) is 0. The number of amides is 1. The van der Waals surface area contributed by atoms with Crippen molar-refractivity contribution in [3.8, 4) is 0 Å². The van der Waals surface area contributed by atoms with E-state index in [1.807, 2.05) is 56.0 Å². The fourth-order valence-electron chi connectivity index (χ4n) is 1.85. The maximum absolute atomic E-state index is 12.3. The molecule has 1 atom stereocenters. The van der Waals surface area contributed by atoms with Crippen LogP contribution >= 0.6 is 11.6 Å². The normalized spacial score (nSPS) is 12.5. The first-order valence-electron chi connectivity index (χ1n) is 5.99. The Hall–Kier alpha value is -1.02. The first-order valence-corrected chi connectivity index (χ1v) is 6.52. The minimum absolute atomic E-state index is 0.109. The third-order valence-corrected chi connectivity index (χ3v) is 3.07. The van der Waals surface area contributed by atoms with E-state index in [9.17, 15) is 4.79 Å². The SMILES string of the molecule is CC(C(=O)N(CCCl)C(C)C)c1ccccc1. The molecule has 0 saturated carbocycles. The van der Waals surface area contributed by atoms with Crippen molar-refractivity contribution in [1.29, 1.82) is 0 Å². The zero-order valence-electron chi connectivity index (χ0n) is 10.7. The standard InChI is InChI=1S/C14H20ClNO/c1-11(2)16(10-9-15)14(17)12(3)13-7-5-4-6-8-13/h4-8,11-12H,9-10H2,1-3H3. The van der Waals surface area contributed by atoms with Gasteiger partial charge in [-0.2, -0.15) is 0 Å². The third kappa shape index (κ3) is 3.74. The number of carbonyl (C=O) groups is 1. The molecule has 0 N–H and O–H groups in total. The van der Waals surface area contributed by atoms with Crippen LogP contribution in [-0.2, 0) is 4.79 Å². The molecule has 3 heteroatoms. The van der Waals surface area contributed by atoms with E-state index in [0.29, 0.717) is 12.4 Å². The van der Waals surface area contributed by atoms with Crippen molar-refractivity contribution >= 4 is 17.5 Å². The number of carbonyl (C=O) groups excluding carboxylic acids is 1. The molecule has 0 aliphatic heterocycles. The molecule has 0 fully saturated rings. The summed E-state index contributed by atoms with van der Waals surface area (Å²) in [6.45, 7) is 6.58. The van der Waals surface area contributed by atoms with E-state index in [0.717, 1.165) is 5.56 Å². The summed E-state index contributed by atoms with van der Waals surface area (Å²) in [5.74, 6) is 0.513. The topological polar surface area (TPSA) is 20.3 Å². The van der Waals surface area contributed by atoms with Crippen molar-refractivity contribution in [2.24, 2.45) is 0 Å². The molecule has 1 unspecified atom stereocenters. The highest BCUT2D eigenvalue weighted by Gasteiger charge is 2.23. The first-order chi connectivity index (χ1) is 8.07.